The summed E-state index contributed by atoms with van der Waals surface area (Å²) in [5.41, 5.74) is 1.48. The van der Waals surface area contributed by atoms with Crippen molar-refractivity contribution < 1.29 is 19.2 Å². The lowest BCUT2D eigenvalue weighted by atomic mass is 10.1. The Hall–Kier alpha value is -3.06. The molecule has 1 heterocycles. The number of carbonyl (C=O) groups excluding carboxylic acids is 2. The molecule has 1 fully saturated rings. The first kappa shape index (κ1) is 20.7. The van der Waals surface area contributed by atoms with E-state index in [0.29, 0.717) is 24.6 Å². The smallest absolute Gasteiger partial charge is 0.319 e. The standard InChI is InChI=1S/C22H28N4O3/c1-2-29-20-11-7-6-10-19(20)25-21(27)16-26-14-12-18(13-15-26)24-22(28)23-17-8-4-3-5-9-17/h3-11,18H,2,12-16H2,1H3,(H,25,27)(H2,23,24,28)/p+1. The normalized spacial score (nSPS) is 18.5. The maximum atomic E-state index is 12.4. The van der Waals surface area contributed by atoms with Gasteiger partial charge in [0.2, 0.25) is 0 Å². The maximum absolute atomic E-state index is 12.4. The van der Waals surface area contributed by atoms with Crippen molar-refractivity contribution in [2.75, 3.05) is 36.9 Å². The van der Waals surface area contributed by atoms with E-state index in [0.717, 1.165) is 31.6 Å². The van der Waals surface area contributed by atoms with E-state index in [-0.39, 0.29) is 18.0 Å². The molecule has 3 amide bonds. The van der Waals surface area contributed by atoms with Crippen LogP contribution in [-0.4, -0.2) is 44.2 Å². The zero-order valence-electron chi connectivity index (χ0n) is 16.7. The van der Waals surface area contributed by atoms with Gasteiger partial charge in [0.15, 0.2) is 6.54 Å². The number of anilines is 2. The summed E-state index contributed by atoms with van der Waals surface area (Å²) in [6.45, 7) is 4.56. The summed E-state index contributed by atoms with van der Waals surface area (Å²) in [6, 6.07) is 16.8. The van der Waals surface area contributed by atoms with Crippen molar-refractivity contribution in [2.45, 2.75) is 25.8 Å². The molecule has 29 heavy (non-hydrogen) atoms. The molecule has 4 N–H and O–H groups in total. The van der Waals surface area contributed by atoms with Crippen molar-refractivity contribution in [1.82, 2.24) is 5.32 Å². The molecule has 1 aliphatic heterocycles. The first-order valence-corrected chi connectivity index (χ1v) is 10.1. The third-order valence-electron chi connectivity index (χ3n) is 4.93. The van der Waals surface area contributed by atoms with Crippen LogP contribution in [0.25, 0.3) is 0 Å². The van der Waals surface area contributed by atoms with Gasteiger partial charge in [0.1, 0.15) is 5.75 Å². The highest BCUT2D eigenvalue weighted by atomic mass is 16.5. The van der Waals surface area contributed by atoms with Crippen LogP contribution < -0.4 is 25.6 Å². The molecular weight excluding hydrogens is 368 g/mol. The van der Waals surface area contributed by atoms with Crippen molar-refractivity contribution in [1.29, 1.82) is 0 Å². The van der Waals surface area contributed by atoms with Crippen molar-refractivity contribution in [3.05, 3.63) is 54.6 Å². The molecule has 0 unspecified atom stereocenters. The van der Waals surface area contributed by atoms with Crippen LogP contribution in [0.5, 0.6) is 5.75 Å². The number of quaternary nitrogens is 1. The molecule has 2 aromatic carbocycles. The molecule has 0 spiro atoms. The van der Waals surface area contributed by atoms with Gasteiger partial charge in [0.05, 0.1) is 25.4 Å². The van der Waals surface area contributed by atoms with E-state index in [2.05, 4.69) is 16.0 Å². The summed E-state index contributed by atoms with van der Waals surface area (Å²) < 4.78 is 5.55. The van der Waals surface area contributed by atoms with Crippen molar-refractivity contribution >= 4 is 23.3 Å². The predicted molar refractivity (Wildman–Crippen MR) is 113 cm³/mol. The third-order valence-corrected chi connectivity index (χ3v) is 4.93. The van der Waals surface area contributed by atoms with Gasteiger partial charge in [0, 0.05) is 24.6 Å². The molecule has 1 saturated heterocycles. The van der Waals surface area contributed by atoms with Crippen LogP contribution in [0, 0.1) is 0 Å². The Kier molecular flexibility index (Phi) is 7.47. The van der Waals surface area contributed by atoms with Crippen LogP contribution in [0.2, 0.25) is 0 Å². The molecule has 3 rings (SSSR count). The predicted octanol–water partition coefficient (Wildman–Crippen LogP) is 1.89. The highest BCUT2D eigenvalue weighted by Crippen LogP contribution is 2.23. The molecule has 7 heteroatoms. The lowest BCUT2D eigenvalue weighted by molar-refractivity contribution is -0.897. The number of nitrogens with one attached hydrogen (secondary N) is 4. The second-order valence-corrected chi connectivity index (χ2v) is 7.14. The number of carbonyl (C=O) groups is 2. The molecule has 0 radical (unpaired) electrons. The lowest BCUT2D eigenvalue weighted by Gasteiger charge is -2.29. The average molecular weight is 397 g/mol. The number of benzene rings is 2. The number of hydrogen-bond donors (Lipinski definition) is 4. The van der Waals surface area contributed by atoms with Crippen LogP contribution in [0.4, 0.5) is 16.2 Å². The van der Waals surface area contributed by atoms with Gasteiger partial charge in [-0.25, -0.2) is 4.79 Å². The summed E-state index contributed by atoms with van der Waals surface area (Å²) in [6.07, 6.45) is 1.70. The summed E-state index contributed by atoms with van der Waals surface area (Å²) >= 11 is 0. The van der Waals surface area contributed by atoms with Crippen LogP contribution in [-0.2, 0) is 4.79 Å². The molecule has 0 aliphatic carbocycles. The van der Waals surface area contributed by atoms with Gasteiger partial charge in [0.25, 0.3) is 5.91 Å². The van der Waals surface area contributed by atoms with Gasteiger partial charge < -0.3 is 25.6 Å². The van der Waals surface area contributed by atoms with Crippen LogP contribution in [0.3, 0.4) is 0 Å². The second kappa shape index (κ2) is 10.5. The summed E-state index contributed by atoms with van der Waals surface area (Å²) in [4.78, 5) is 25.8. The maximum Gasteiger partial charge on any atom is 0.319 e. The van der Waals surface area contributed by atoms with Crippen LogP contribution >= 0.6 is 0 Å². The largest absolute Gasteiger partial charge is 0.492 e. The Morgan fingerprint density at radius 3 is 2.41 bits per heavy atom. The highest BCUT2D eigenvalue weighted by molar-refractivity contribution is 5.93. The van der Waals surface area contributed by atoms with Gasteiger partial charge in [-0.15, -0.1) is 0 Å². The minimum atomic E-state index is -0.185. The van der Waals surface area contributed by atoms with E-state index in [1.807, 2.05) is 61.5 Å². The number of hydrogen-bond acceptors (Lipinski definition) is 3. The van der Waals surface area contributed by atoms with Gasteiger partial charge in [-0.1, -0.05) is 30.3 Å². The average Bonchev–Trinajstić information content (AvgIpc) is 2.72. The number of ether oxygens (including phenoxy) is 1. The van der Waals surface area contributed by atoms with Gasteiger partial charge >= 0.3 is 6.03 Å². The summed E-state index contributed by atoms with van der Waals surface area (Å²) in [7, 11) is 0. The van der Waals surface area contributed by atoms with E-state index in [1.165, 1.54) is 4.90 Å². The first-order chi connectivity index (χ1) is 14.1. The van der Waals surface area contributed by atoms with E-state index in [1.54, 1.807) is 0 Å². The third kappa shape index (κ3) is 6.50. The van der Waals surface area contributed by atoms with Gasteiger partial charge in [-0.3, -0.25) is 4.79 Å². The lowest BCUT2D eigenvalue weighted by Crippen LogP contribution is -3.14. The van der Waals surface area contributed by atoms with E-state index >= 15 is 0 Å². The fraction of sp³-hybridized carbons (Fsp3) is 0.364. The minimum absolute atomic E-state index is 0.0274. The number of amides is 3. The first-order valence-electron chi connectivity index (χ1n) is 10.1. The number of piperidine rings is 1. The molecule has 154 valence electrons. The topological polar surface area (TPSA) is 83.9 Å². The molecule has 0 aromatic heterocycles. The van der Waals surface area contributed by atoms with E-state index < -0.39 is 0 Å². The molecule has 1 aliphatic rings. The molecule has 0 atom stereocenters. The second-order valence-electron chi connectivity index (χ2n) is 7.14. The highest BCUT2D eigenvalue weighted by Gasteiger charge is 2.25. The summed E-state index contributed by atoms with van der Waals surface area (Å²) in [5.74, 6) is 0.658. The van der Waals surface area contributed by atoms with Gasteiger partial charge in [-0.05, 0) is 31.2 Å². The molecule has 2 aromatic rings. The minimum Gasteiger partial charge on any atom is -0.492 e. The Bertz CT molecular complexity index is 805. The molecule has 0 saturated carbocycles. The Balaban J connectivity index is 1.40. The van der Waals surface area contributed by atoms with E-state index in [4.69, 9.17) is 4.74 Å². The zero-order valence-corrected chi connectivity index (χ0v) is 16.7. The molecular formula is C22H29N4O3+. The molecule has 7 nitrogen and oxygen atoms in total. The van der Waals surface area contributed by atoms with Crippen molar-refractivity contribution in [3.8, 4) is 5.75 Å². The molecule has 0 bridgehead atoms. The fourth-order valence-corrected chi connectivity index (χ4v) is 3.49. The zero-order chi connectivity index (χ0) is 20.5. The Morgan fingerprint density at radius 2 is 1.69 bits per heavy atom. The number of para-hydroxylation sites is 3. The van der Waals surface area contributed by atoms with Crippen LogP contribution in [0.1, 0.15) is 19.8 Å². The quantitative estimate of drug-likeness (QED) is 0.576. The van der Waals surface area contributed by atoms with Crippen LogP contribution in [0.15, 0.2) is 54.6 Å². The fourth-order valence-electron chi connectivity index (χ4n) is 3.49. The van der Waals surface area contributed by atoms with Crippen molar-refractivity contribution in [3.63, 3.8) is 0 Å². The number of rotatable bonds is 7. The Labute approximate surface area is 171 Å². The number of likely N-dealkylation sites (tertiary alicyclic amines) is 1. The SMILES string of the molecule is CCOc1ccccc1NC(=O)C[NH+]1CCC(NC(=O)Nc2ccccc2)CC1. The Morgan fingerprint density at radius 1 is 1.00 bits per heavy atom. The van der Waals surface area contributed by atoms with E-state index in [9.17, 15) is 9.59 Å². The summed E-state index contributed by atoms with van der Waals surface area (Å²) in [5, 5.41) is 8.81. The monoisotopic (exact) mass is 397 g/mol. The van der Waals surface area contributed by atoms with Gasteiger partial charge in [-0.2, -0.15) is 0 Å². The van der Waals surface area contributed by atoms with Crippen molar-refractivity contribution in [2.24, 2.45) is 0 Å². The number of urea groups is 1.